The highest BCUT2D eigenvalue weighted by Gasteiger charge is 1.80. The average Bonchev–Trinajstić information content (AvgIpc) is 2.51. The first-order valence-corrected chi connectivity index (χ1v) is 5.46. The van der Waals surface area contributed by atoms with E-state index in [-0.39, 0.29) is 0 Å². The SMILES string of the molecule is C=c1ccs/c1=C/C=C(C)C.CC. The third kappa shape index (κ3) is 4.69. The van der Waals surface area contributed by atoms with Gasteiger partial charge in [-0.05, 0) is 36.6 Å². The molecule has 0 saturated heterocycles. The summed E-state index contributed by atoms with van der Waals surface area (Å²) in [5.74, 6) is 0. The lowest BCUT2D eigenvalue weighted by molar-refractivity contribution is 1.40. The predicted molar refractivity (Wildman–Crippen MR) is 64.3 cm³/mol. The van der Waals surface area contributed by atoms with Crippen LogP contribution in [0.3, 0.4) is 0 Å². The number of hydrogen-bond acceptors (Lipinski definition) is 1. The van der Waals surface area contributed by atoms with Crippen molar-refractivity contribution in [3.8, 4) is 0 Å². The van der Waals surface area contributed by atoms with Crippen LogP contribution in [-0.2, 0) is 0 Å². The van der Waals surface area contributed by atoms with Crippen LogP contribution in [0.5, 0.6) is 0 Å². The molecule has 0 aliphatic rings. The zero-order chi connectivity index (χ0) is 10.3. The zero-order valence-corrected chi connectivity index (χ0v) is 9.74. The fourth-order valence-corrected chi connectivity index (χ4v) is 1.48. The number of rotatable bonds is 1. The predicted octanol–water partition coefficient (Wildman–Crippen LogP) is 2.93. The van der Waals surface area contributed by atoms with Crippen LogP contribution in [0.15, 0.2) is 23.1 Å². The van der Waals surface area contributed by atoms with E-state index in [9.17, 15) is 0 Å². The highest BCUT2D eigenvalue weighted by Crippen LogP contribution is 1.88. The monoisotopic (exact) mass is 194 g/mol. The van der Waals surface area contributed by atoms with E-state index in [4.69, 9.17) is 0 Å². The van der Waals surface area contributed by atoms with E-state index >= 15 is 0 Å². The Morgan fingerprint density at radius 1 is 1.38 bits per heavy atom. The van der Waals surface area contributed by atoms with Crippen LogP contribution in [0.2, 0.25) is 0 Å². The van der Waals surface area contributed by atoms with Crippen LogP contribution in [-0.4, -0.2) is 0 Å². The molecule has 0 saturated carbocycles. The summed E-state index contributed by atoms with van der Waals surface area (Å²) < 4.78 is 1.26. The number of thiophene rings is 1. The van der Waals surface area contributed by atoms with Gasteiger partial charge in [0.25, 0.3) is 0 Å². The van der Waals surface area contributed by atoms with Crippen molar-refractivity contribution < 1.29 is 0 Å². The van der Waals surface area contributed by atoms with Gasteiger partial charge in [0.15, 0.2) is 0 Å². The van der Waals surface area contributed by atoms with Gasteiger partial charge in [0.05, 0.1) is 0 Å². The van der Waals surface area contributed by atoms with Crippen LogP contribution in [0.1, 0.15) is 27.7 Å². The maximum atomic E-state index is 3.91. The highest BCUT2D eigenvalue weighted by atomic mass is 32.1. The van der Waals surface area contributed by atoms with Gasteiger partial charge in [0, 0.05) is 4.53 Å². The molecule has 1 heterocycles. The summed E-state index contributed by atoms with van der Waals surface area (Å²) in [6.07, 6.45) is 4.23. The second-order valence-electron chi connectivity index (χ2n) is 2.72. The minimum Gasteiger partial charge on any atom is -0.144 e. The first-order valence-electron chi connectivity index (χ1n) is 4.58. The molecule has 0 aliphatic carbocycles. The number of allylic oxidation sites excluding steroid dienone is 2. The Morgan fingerprint density at radius 2 is 2.00 bits per heavy atom. The molecule has 1 heteroatoms. The molecule has 0 amide bonds. The highest BCUT2D eigenvalue weighted by molar-refractivity contribution is 7.07. The van der Waals surface area contributed by atoms with Crippen molar-refractivity contribution in [1.82, 2.24) is 0 Å². The average molecular weight is 194 g/mol. The van der Waals surface area contributed by atoms with Crippen LogP contribution in [0.25, 0.3) is 12.7 Å². The molecule has 0 N–H and O–H groups in total. The molecular formula is C12H18S. The van der Waals surface area contributed by atoms with E-state index in [1.54, 1.807) is 11.3 Å². The van der Waals surface area contributed by atoms with Gasteiger partial charge in [0.1, 0.15) is 0 Å². The number of hydrogen-bond donors (Lipinski definition) is 0. The lowest BCUT2D eigenvalue weighted by Gasteiger charge is -1.80. The molecule has 0 spiro atoms. The second-order valence-corrected chi connectivity index (χ2v) is 3.67. The molecule has 0 unspecified atom stereocenters. The van der Waals surface area contributed by atoms with Gasteiger partial charge in [-0.2, -0.15) is 0 Å². The van der Waals surface area contributed by atoms with Crippen LogP contribution in [0, 0.1) is 0 Å². The van der Waals surface area contributed by atoms with Gasteiger partial charge >= 0.3 is 0 Å². The van der Waals surface area contributed by atoms with Crippen molar-refractivity contribution in [1.29, 1.82) is 0 Å². The van der Waals surface area contributed by atoms with E-state index in [1.165, 1.54) is 10.1 Å². The third-order valence-electron chi connectivity index (χ3n) is 1.35. The fraction of sp³-hybridized carbons (Fsp3) is 0.333. The normalized spacial score (nSPS) is 10.3. The Bertz CT molecular complexity index is 351. The van der Waals surface area contributed by atoms with Crippen LogP contribution in [0.4, 0.5) is 0 Å². The molecule has 1 rings (SSSR count). The van der Waals surface area contributed by atoms with Gasteiger partial charge in [0.2, 0.25) is 0 Å². The Balaban J connectivity index is 0.000000671. The molecule has 1 aromatic rings. The molecule has 1 aromatic heterocycles. The summed E-state index contributed by atoms with van der Waals surface area (Å²) in [4.78, 5) is 0. The quantitative estimate of drug-likeness (QED) is 0.645. The summed E-state index contributed by atoms with van der Waals surface area (Å²) in [6.45, 7) is 12.1. The minimum absolute atomic E-state index is 1.12. The van der Waals surface area contributed by atoms with Gasteiger partial charge in [-0.3, -0.25) is 0 Å². The van der Waals surface area contributed by atoms with Gasteiger partial charge in [-0.1, -0.05) is 32.1 Å². The minimum atomic E-state index is 1.12. The molecule has 0 atom stereocenters. The maximum absolute atomic E-state index is 3.91. The van der Waals surface area contributed by atoms with E-state index < -0.39 is 0 Å². The fourth-order valence-electron chi connectivity index (χ4n) is 0.736. The Labute approximate surface area is 84.9 Å². The molecule has 72 valence electrons. The maximum Gasteiger partial charge on any atom is 0.0336 e. The lowest BCUT2D eigenvalue weighted by Crippen LogP contribution is -2.14. The van der Waals surface area contributed by atoms with Crippen molar-refractivity contribution in [2.75, 3.05) is 0 Å². The molecule has 0 radical (unpaired) electrons. The molecule has 13 heavy (non-hydrogen) atoms. The molecule has 0 bridgehead atoms. The van der Waals surface area contributed by atoms with E-state index in [0.29, 0.717) is 0 Å². The smallest absolute Gasteiger partial charge is 0.0336 e. The second kappa shape index (κ2) is 6.67. The standard InChI is InChI=1S/C10H12S.C2H6/c1-8(2)4-5-10-9(3)6-7-11-10;1-2/h4-7H,3H2,1-2H3;1-2H3/b10-5+;. The Hall–Kier alpha value is -0.820. The summed E-state index contributed by atoms with van der Waals surface area (Å²) in [5, 5.41) is 3.18. The molecule has 0 fully saturated rings. The molecular weight excluding hydrogens is 176 g/mol. The summed E-state index contributed by atoms with van der Waals surface area (Å²) in [7, 11) is 0. The van der Waals surface area contributed by atoms with Crippen molar-refractivity contribution in [2.24, 2.45) is 0 Å². The third-order valence-corrected chi connectivity index (χ3v) is 2.27. The van der Waals surface area contributed by atoms with E-state index in [0.717, 1.165) is 5.22 Å². The van der Waals surface area contributed by atoms with Crippen LogP contribution >= 0.6 is 11.3 Å². The first kappa shape index (κ1) is 12.2. The molecule has 0 aliphatic heterocycles. The van der Waals surface area contributed by atoms with Gasteiger partial charge in [-0.15, -0.1) is 11.3 Å². The first-order chi connectivity index (χ1) is 6.20. The largest absolute Gasteiger partial charge is 0.144 e. The summed E-state index contributed by atoms with van der Waals surface area (Å²) in [6, 6.07) is 2.04. The Kier molecular flexibility index (Phi) is 6.25. The topological polar surface area (TPSA) is 0 Å². The van der Waals surface area contributed by atoms with E-state index in [2.05, 4.69) is 38.0 Å². The molecule has 0 aromatic carbocycles. The van der Waals surface area contributed by atoms with Crippen molar-refractivity contribution in [2.45, 2.75) is 27.7 Å². The van der Waals surface area contributed by atoms with E-state index in [1.807, 2.05) is 19.9 Å². The Morgan fingerprint density at radius 3 is 2.38 bits per heavy atom. The van der Waals surface area contributed by atoms with Crippen molar-refractivity contribution >= 4 is 24.0 Å². The van der Waals surface area contributed by atoms with Gasteiger partial charge in [-0.25, -0.2) is 0 Å². The van der Waals surface area contributed by atoms with Crippen molar-refractivity contribution in [3.05, 3.63) is 32.8 Å². The van der Waals surface area contributed by atoms with Crippen LogP contribution < -0.4 is 9.75 Å². The van der Waals surface area contributed by atoms with Gasteiger partial charge < -0.3 is 0 Å². The zero-order valence-electron chi connectivity index (χ0n) is 8.92. The molecule has 0 nitrogen and oxygen atoms in total. The summed E-state index contributed by atoms with van der Waals surface area (Å²) >= 11 is 1.73. The van der Waals surface area contributed by atoms with Crippen molar-refractivity contribution in [3.63, 3.8) is 0 Å². The lowest BCUT2D eigenvalue weighted by atomic mass is 10.3. The summed E-state index contributed by atoms with van der Waals surface area (Å²) in [5.41, 5.74) is 1.32.